The molecule has 2 amide bonds. The number of nitrogens with zero attached hydrogens (tertiary/aromatic N) is 1. The first-order valence-corrected chi connectivity index (χ1v) is 11.8. The minimum absolute atomic E-state index is 0.105. The number of halogens is 1. The second-order valence-corrected chi connectivity index (χ2v) is 8.70. The summed E-state index contributed by atoms with van der Waals surface area (Å²) < 4.78 is 10.4. The van der Waals surface area contributed by atoms with E-state index in [9.17, 15) is 19.2 Å². The van der Waals surface area contributed by atoms with Gasteiger partial charge in [-0.3, -0.25) is 9.59 Å². The van der Waals surface area contributed by atoms with Gasteiger partial charge in [0.05, 0.1) is 23.4 Å². The van der Waals surface area contributed by atoms with Gasteiger partial charge in [-0.05, 0) is 92.6 Å². The van der Waals surface area contributed by atoms with Crippen LogP contribution in [0.25, 0.3) is 0 Å². The Bertz CT molecular complexity index is 1410. The van der Waals surface area contributed by atoms with Crippen LogP contribution >= 0.6 is 11.6 Å². The highest BCUT2D eigenvalue weighted by atomic mass is 35.5. The summed E-state index contributed by atoms with van der Waals surface area (Å²) >= 11 is 6.20. The molecule has 3 aromatic rings. The molecule has 0 saturated carbocycles. The molecule has 37 heavy (non-hydrogen) atoms. The van der Waals surface area contributed by atoms with Gasteiger partial charge in [0.2, 0.25) is 0 Å². The van der Waals surface area contributed by atoms with E-state index >= 15 is 0 Å². The molecule has 188 valence electrons. The number of benzene rings is 3. The predicted octanol–water partition coefficient (Wildman–Crippen LogP) is 5.14. The van der Waals surface area contributed by atoms with Gasteiger partial charge in [0.25, 0.3) is 11.8 Å². The predicted molar refractivity (Wildman–Crippen MR) is 139 cm³/mol. The van der Waals surface area contributed by atoms with E-state index in [4.69, 9.17) is 21.1 Å². The van der Waals surface area contributed by atoms with Gasteiger partial charge >= 0.3 is 11.9 Å². The molecule has 0 aliphatic carbocycles. The molecule has 9 heteroatoms. The SMILES string of the molecule is CCOC(=O)c1ccc(N2C(=O)C(Cl)=C(Nc3ccc(C(=O)Oc4cc(C)cc(C)c4)cc3)C2=O)cc1. The van der Waals surface area contributed by atoms with E-state index in [-0.39, 0.29) is 23.0 Å². The number of hydrogen-bond acceptors (Lipinski definition) is 7. The minimum atomic E-state index is -0.702. The number of esters is 2. The second kappa shape index (κ2) is 10.7. The molecular weight excluding hydrogens is 496 g/mol. The standard InChI is InChI=1S/C28H23ClN2O6/c1-4-36-27(34)18-7-11-21(12-8-18)31-25(32)23(29)24(26(31)33)30-20-9-5-19(6-10-20)28(35)37-22-14-16(2)13-17(3)15-22/h5-15,30H,4H2,1-3H3. The van der Waals surface area contributed by atoms with Gasteiger partial charge in [-0.25, -0.2) is 14.5 Å². The van der Waals surface area contributed by atoms with Crippen LogP contribution < -0.4 is 15.0 Å². The van der Waals surface area contributed by atoms with Crippen molar-refractivity contribution in [2.24, 2.45) is 0 Å². The monoisotopic (exact) mass is 518 g/mol. The summed E-state index contributed by atoms with van der Waals surface area (Å²) in [5, 5.41) is 2.58. The van der Waals surface area contributed by atoms with E-state index in [0.29, 0.717) is 22.6 Å². The second-order valence-electron chi connectivity index (χ2n) is 8.32. The van der Waals surface area contributed by atoms with E-state index in [0.717, 1.165) is 16.0 Å². The van der Waals surface area contributed by atoms with Crippen LogP contribution in [0.2, 0.25) is 0 Å². The summed E-state index contributed by atoms with van der Waals surface area (Å²) in [7, 11) is 0. The lowest BCUT2D eigenvalue weighted by Crippen LogP contribution is -2.32. The number of imide groups is 1. The number of carbonyl (C=O) groups is 4. The van der Waals surface area contributed by atoms with Gasteiger partial charge in [-0.1, -0.05) is 17.7 Å². The van der Waals surface area contributed by atoms with E-state index in [1.54, 1.807) is 31.2 Å². The number of ether oxygens (including phenoxy) is 2. The van der Waals surface area contributed by atoms with Crippen molar-refractivity contribution in [3.8, 4) is 5.75 Å². The molecule has 1 aliphatic heterocycles. The van der Waals surface area contributed by atoms with Crippen LogP contribution in [0.15, 0.2) is 77.5 Å². The third-order valence-corrected chi connectivity index (χ3v) is 5.81. The van der Waals surface area contributed by atoms with Gasteiger partial charge < -0.3 is 14.8 Å². The van der Waals surface area contributed by atoms with Crippen LogP contribution in [0.3, 0.4) is 0 Å². The first-order valence-electron chi connectivity index (χ1n) is 11.4. The van der Waals surface area contributed by atoms with Crippen LogP contribution in [0.5, 0.6) is 5.75 Å². The van der Waals surface area contributed by atoms with Crippen molar-refractivity contribution in [2.75, 3.05) is 16.8 Å². The van der Waals surface area contributed by atoms with Crippen molar-refractivity contribution >= 4 is 46.7 Å². The Kier molecular flexibility index (Phi) is 7.40. The Morgan fingerprint density at radius 2 is 1.41 bits per heavy atom. The first-order chi connectivity index (χ1) is 17.7. The lowest BCUT2D eigenvalue weighted by molar-refractivity contribution is -0.120. The van der Waals surface area contributed by atoms with E-state index in [1.807, 2.05) is 19.9 Å². The van der Waals surface area contributed by atoms with Crippen molar-refractivity contribution in [1.29, 1.82) is 0 Å². The van der Waals surface area contributed by atoms with Crippen LogP contribution in [-0.2, 0) is 14.3 Å². The number of rotatable bonds is 7. The summed E-state index contributed by atoms with van der Waals surface area (Å²) in [4.78, 5) is 51.1. The summed E-state index contributed by atoms with van der Waals surface area (Å²) in [6.45, 7) is 5.76. The Balaban J connectivity index is 1.46. The topological polar surface area (TPSA) is 102 Å². The number of hydrogen-bond donors (Lipinski definition) is 1. The maximum atomic E-state index is 13.0. The summed E-state index contributed by atoms with van der Waals surface area (Å²) in [5.74, 6) is -1.94. The van der Waals surface area contributed by atoms with Crippen molar-refractivity contribution in [3.63, 3.8) is 0 Å². The number of carbonyl (C=O) groups excluding carboxylic acids is 4. The van der Waals surface area contributed by atoms with E-state index in [2.05, 4.69) is 5.32 Å². The zero-order valence-corrected chi connectivity index (χ0v) is 21.1. The highest BCUT2D eigenvalue weighted by Crippen LogP contribution is 2.30. The summed E-state index contributed by atoms with van der Waals surface area (Å²) in [6.07, 6.45) is 0. The van der Waals surface area contributed by atoms with Crippen LogP contribution in [0.1, 0.15) is 38.8 Å². The zero-order chi connectivity index (χ0) is 26.7. The number of nitrogens with one attached hydrogen (secondary N) is 1. The molecule has 0 aromatic heterocycles. The van der Waals surface area contributed by atoms with Crippen molar-refractivity contribution in [3.05, 3.63) is 99.7 Å². The van der Waals surface area contributed by atoms with E-state index < -0.39 is 23.8 Å². The molecule has 0 spiro atoms. The molecule has 1 aliphatic rings. The van der Waals surface area contributed by atoms with Gasteiger partial charge in [-0.2, -0.15) is 0 Å². The summed E-state index contributed by atoms with van der Waals surface area (Å²) in [6, 6.07) is 17.6. The average molecular weight is 519 g/mol. The Morgan fingerprint density at radius 1 is 0.838 bits per heavy atom. The smallest absolute Gasteiger partial charge is 0.343 e. The molecule has 0 saturated heterocycles. The Labute approximate surface area is 218 Å². The first kappa shape index (κ1) is 25.7. The van der Waals surface area contributed by atoms with Gasteiger partial charge in [0, 0.05) is 5.69 Å². The molecule has 0 radical (unpaired) electrons. The van der Waals surface area contributed by atoms with Gasteiger partial charge in [-0.15, -0.1) is 0 Å². The maximum absolute atomic E-state index is 13.0. The van der Waals surface area contributed by atoms with Crippen LogP contribution in [-0.4, -0.2) is 30.4 Å². The molecule has 3 aromatic carbocycles. The zero-order valence-electron chi connectivity index (χ0n) is 20.3. The van der Waals surface area contributed by atoms with Crippen LogP contribution in [0.4, 0.5) is 11.4 Å². The molecule has 8 nitrogen and oxygen atoms in total. The lowest BCUT2D eigenvalue weighted by atomic mass is 10.1. The minimum Gasteiger partial charge on any atom is -0.462 e. The third-order valence-electron chi connectivity index (χ3n) is 5.46. The molecular formula is C28H23ClN2O6. The normalized spacial score (nSPS) is 13.1. The highest BCUT2D eigenvalue weighted by Gasteiger charge is 2.39. The quantitative estimate of drug-likeness (QED) is 0.262. The highest BCUT2D eigenvalue weighted by molar-refractivity contribution is 6.53. The number of aryl methyl sites for hydroxylation is 2. The molecule has 1 N–H and O–H groups in total. The van der Waals surface area contributed by atoms with Crippen LogP contribution in [0, 0.1) is 13.8 Å². The molecule has 0 fully saturated rings. The fourth-order valence-electron chi connectivity index (χ4n) is 3.80. The van der Waals surface area contributed by atoms with Gasteiger partial charge in [0.1, 0.15) is 16.5 Å². The number of anilines is 2. The maximum Gasteiger partial charge on any atom is 0.343 e. The average Bonchev–Trinajstić information content (AvgIpc) is 3.07. The molecule has 1 heterocycles. The molecule has 0 unspecified atom stereocenters. The largest absolute Gasteiger partial charge is 0.462 e. The van der Waals surface area contributed by atoms with E-state index in [1.165, 1.54) is 36.4 Å². The van der Waals surface area contributed by atoms with Crippen molar-refractivity contribution < 1.29 is 28.7 Å². The molecule has 0 atom stereocenters. The molecule has 4 rings (SSSR count). The van der Waals surface area contributed by atoms with Crippen molar-refractivity contribution in [2.45, 2.75) is 20.8 Å². The number of amides is 2. The Hall–Kier alpha value is -4.43. The lowest BCUT2D eigenvalue weighted by Gasteiger charge is -2.15. The fraction of sp³-hybridized carbons (Fsp3) is 0.143. The fourth-order valence-corrected chi connectivity index (χ4v) is 4.01. The van der Waals surface area contributed by atoms with Crippen molar-refractivity contribution in [1.82, 2.24) is 0 Å². The third kappa shape index (κ3) is 5.54. The molecule has 0 bridgehead atoms. The Morgan fingerprint density at radius 3 is 2.00 bits per heavy atom. The summed E-state index contributed by atoms with van der Waals surface area (Å²) in [5.41, 5.74) is 3.14. The van der Waals surface area contributed by atoms with Gasteiger partial charge in [0.15, 0.2) is 0 Å².